The van der Waals surface area contributed by atoms with E-state index in [4.69, 9.17) is 0 Å². The van der Waals surface area contributed by atoms with Crippen molar-refractivity contribution in [2.45, 2.75) is 12.6 Å². The van der Waals surface area contributed by atoms with E-state index in [0.29, 0.717) is 17.9 Å². The Balaban J connectivity index is 1.78. The predicted molar refractivity (Wildman–Crippen MR) is 71.3 cm³/mol. The highest BCUT2D eigenvalue weighted by atomic mass is 19.4. The van der Waals surface area contributed by atoms with Gasteiger partial charge in [-0.25, -0.2) is 4.98 Å². The van der Waals surface area contributed by atoms with Crippen LogP contribution in [0.2, 0.25) is 0 Å². The van der Waals surface area contributed by atoms with Crippen LogP contribution in [0, 0.1) is 0 Å². The van der Waals surface area contributed by atoms with Crippen molar-refractivity contribution in [2.75, 3.05) is 10.6 Å². The molecule has 0 aliphatic carbocycles. The molecule has 1 aromatic heterocycles. The van der Waals surface area contributed by atoms with Crippen molar-refractivity contribution >= 4 is 23.1 Å². The van der Waals surface area contributed by atoms with Crippen LogP contribution >= 0.6 is 0 Å². The first-order valence-electron chi connectivity index (χ1n) is 6.15. The summed E-state index contributed by atoms with van der Waals surface area (Å²) >= 11 is 0. The first kappa shape index (κ1) is 13.4. The second kappa shape index (κ2) is 4.76. The van der Waals surface area contributed by atoms with Crippen LogP contribution in [-0.2, 0) is 17.4 Å². The standard InChI is InChI=1S/C14H10F3N3O/c15-14(16,17)9-1-4-12(18-7-9)19-10-2-3-11-8(5-10)6-13(21)20-11/h1-5,7H,6H2,(H,18,19)(H,20,21). The number of benzene rings is 1. The smallest absolute Gasteiger partial charge is 0.340 e. The predicted octanol–water partition coefficient (Wildman–Crippen LogP) is 3.34. The number of nitrogens with one attached hydrogen (secondary N) is 2. The zero-order chi connectivity index (χ0) is 15.0. The first-order valence-corrected chi connectivity index (χ1v) is 6.15. The Bertz CT molecular complexity index is 696. The van der Waals surface area contributed by atoms with Gasteiger partial charge in [-0.3, -0.25) is 4.79 Å². The van der Waals surface area contributed by atoms with Gasteiger partial charge in [0.25, 0.3) is 0 Å². The second-order valence-electron chi connectivity index (χ2n) is 4.65. The molecule has 1 amide bonds. The third kappa shape index (κ3) is 2.81. The van der Waals surface area contributed by atoms with E-state index >= 15 is 0 Å². The zero-order valence-electron chi connectivity index (χ0n) is 10.7. The van der Waals surface area contributed by atoms with Gasteiger partial charge in [-0.1, -0.05) is 0 Å². The van der Waals surface area contributed by atoms with Crippen molar-refractivity contribution < 1.29 is 18.0 Å². The molecule has 1 aliphatic rings. The molecule has 2 heterocycles. The molecule has 21 heavy (non-hydrogen) atoms. The van der Waals surface area contributed by atoms with Gasteiger partial charge in [-0.2, -0.15) is 13.2 Å². The van der Waals surface area contributed by atoms with Crippen molar-refractivity contribution in [2.24, 2.45) is 0 Å². The summed E-state index contributed by atoms with van der Waals surface area (Å²) in [7, 11) is 0. The highest BCUT2D eigenvalue weighted by Crippen LogP contribution is 2.30. The van der Waals surface area contributed by atoms with Crippen LogP contribution in [-0.4, -0.2) is 10.9 Å². The Kier molecular flexibility index (Phi) is 3.04. The van der Waals surface area contributed by atoms with Gasteiger partial charge in [0.2, 0.25) is 5.91 Å². The van der Waals surface area contributed by atoms with E-state index in [0.717, 1.165) is 23.5 Å². The van der Waals surface area contributed by atoms with Crippen molar-refractivity contribution in [1.29, 1.82) is 0 Å². The number of amides is 1. The lowest BCUT2D eigenvalue weighted by Crippen LogP contribution is -2.05. The molecule has 0 fully saturated rings. The molecular formula is C14H10F3N3O. The van der Waals surface area contributed by atoms with Gasteiger partial charge >= 0.3 is 6.18 Å². The van der Waals surface area contributed by atoms with E-state index in [-0.39, 0.29) is 5.91 Å². The summed E-state index contributed by atoms with van der Waals surface area (Å²) in [5.74, 6) is 0.232. The van der Waals surface area contributed by atoms with Gasteiger partial charge in [0.1, 0.15) is 5.82 Å². The van der Waals surface area contributed by atoms with Gasteiger partial charge < -0.3 is 10.6 Å². The fourth-order valence-electron chi connectivity index (χ4n) is 2.09. The van der Waals surface area contributed by atoms with Crippen LogP contribution in [0.15, 0.2) is 36.5 Å². The lowest BCUT2D eigenvalue weighted by Gasteiger charge is -2.09. The number of alkyl halides is 3. The SMILES string of the molecule is O=C1Cc2cc(Nc3ccc(C(F)(F)F)cn3)ccc2N1. The molecular weight excluding hydrogens is 283 g/mol. The van der Waals surface area contributed by atoms with Gasteiger partial charge in [0, 0.05) is 17.6 Å². The number of hydrogen-bond donors (Lipinski definition) is 2. The van der Waals surface area contributed by atoms with Crippen molar-refractivity contribution in [3.05, 3.63) is 47.7 Å². The van der Waals surface area contributed by atoms with Crippen LogP contribution < -0.4 is 10.6 Å². The summed E-state index contributed by atoms with van der Waals surface area (Å²) in [5, 5.41) is 5.61. The monoisotopic (exact) mass is 293 g/mol. The number of hydrogen-bond acceptors (Lipinski definition) is 3. The van der Waals surface area contributed by atoms with Crippen molar-refractivity contribution in [3.8, 4) is 0 Å². The van der Waals surface area contributed by atoms with E-state index in [9.17, 15) is 18.0 Å². The van der Waals surface area contributed by atoms with E-state index < -0.39 is 11.7 Å². The molecule has 0 saturated heterocycles. The number of anilines is 3. The third-order valence-electron chi connectivity index (χ3n) is 3.09. The van der Waals surface area contributed by atoms with Crippen LogP contribution in [0.25, 0.3) is 0 Å². The number of aromatic nitrogens is 1. The molecule has 4 nitrogen and oxygen atoms in total. The van der Waals surface area contributed by atoms with Crippen molar-refractivity contribution in [3.63, 3.8) is 0 Å². The molecule has 1 aliphatic heterocycles. The zero-order valence-corrected chi connectivity index (χ0v) is 10.7. The minimum absolute atomic E-state index is 0.0743. The van der Waals surface area contributed by atoms with E-state index in [1.165, 1.54) is 6.07 Å². The summed E-state index contributed by atoms with van der Waals surface area (Å²) in [6.45, 7) is 0. The lowest BCUT2D eigenvalue weighted by atomic mass is 10.1. The van der Waals surface area contributed by atoms with Gasteiger partial charge in [0.15, 0.2) is 0 Å². The summed E-state index contributed by atoms with van der Waals surface area (Å²) < 4.78 is 37.3. The quantitative estimate of drug-likeness (QED) is 0.893. The third-order valence-corrected chi connectivity index (χ3v) is 3.09. The van der Waals surface area contributed by atoms with Crippen LogP contribution in [0.4, 0.5) is 30.4 Å². The Hall–Kier alpha value is -2.57. The molecule has 1 aromatic carbocycles. The Labute approximate surface area is 118 Å². The minimum Gasteiger partial charge on any atom is -0.340 e. The average Bonchev–Trinajstić information content (AvgIpc) is 2.78. The molecule has 7 heteroatoms. The first-order chi connectivity index (χ1) is 9.91. The van der Waals surface area contributed by atoms with Gasteiger partial charge in [-0.05, 0) is 35.9 Å². The number of fused-ring (bicyclic) bond motifs is 1. The van der Waals surface area contributed by atoms with Crippen LogP contribution in [0.3, 0.4) is 0 Å². The van der Waals surface area contributed by atoms with E-state index in [1.807, 2.05) is 0 Å². The molecule has 2 N–H and O–H groups in total. The topological polar surface area (TPSA) is 54.0 Å². The molecule has 0 spiro atoms. The Morgan fingerprint density at radius 1 is 1.19 bits per heavy atom. The number of carbonyl (C=O) groups excluding carboxylic acids is 1. The van der Waals surface area contributed by atoms with Gasteiger partial charge in [0.05, 0.1) is 12.0 Å². The molecule has 0 radical (unpaired) electrons. The summed E-state index contributed by atoms with van der Waals surface area (Å²) in [5.41, 5.74) is 1.47. The van der Waals surface area contributed by atoms with Gasteiger partial charge in [-0.15, -0.1) is 0 Å². The molecule has 0 unspecified atom stereocenters. The molecule has 108 valence electrons. The maximum absolute atomic E-state index is 12.4. The van der Waals surface area contributed by atoms with Crippen molar-refractivity contribution in [1.82, 2.24) is 4.98 Å². The largest absolute Gasteiger partial charge is 0.417 e. The maximum Gasteiger partial charge on any atom is 0.417 e. The highest BCUT2D eigenvalue weighted by Gasteiger charge is 2.30. The summed E-state index contributed by atoms with van der Waals surface area (Å²) in [6.07, 6.45) is -3.32. The Morgan fingerprint density at radius 2 is 2.00 bits per heavy atom. The molecule has 2 aromatic rings. The normalized spacial score (nSPS) is 13.8. The lowest BCUT2D eigenvalue weighted by molar-refractivity contribution is -0.137. The average molecular weight is 293 g/mol. The second-order valence-corrected chi connectivity index (χ2v) is 4.65. The highest BCUT2D eigenvalue weighted by molar-refractivity contribution is 5.99. The van der Waals surface area contributed by atoms with E-state index in [2.05, 4.69) is 15.6 Å². The molecule has 3 rings (SSSR count). The fourth-order valence-corrected chi connectivity index (χ4v) is 2.09. The van der Waals surface area contributed by atoms with E-state index in [1.54, 1.807) is 18.2 Å². The molecule has 0 saturated carbocycles. The Morgan fingerprint density at radius 3 is 2.67 bits per heavy atom. The van der Waals surface area contributed by atoms with Crippen LogP contribution in [0.5, 0.6) is 0 Å². The number of rotatable bonds is 2. The summed E-state index contributed by atoms with van der Waals surface area (Å²) in [6, 6.07) is 7.47. The summed E-state index contributed by atoms with van der Waals surface area (Å²) in [4.78, 5) is 15.0. The number of halogens is 3. The van der Waals surface area contributed by atoms with Crippen LogP contribution in [0.1, 0.15) is 11.1 Å². The number of pyridine rings is 1. The maximum atomic E-state index is 12.4. The number of carbonyl (C=O) groups is 1. The fraction of sp³-hybridized carbons (Fsp3) is 0.143. The number of nitrogens with zero attached hydrogens (tertiary/aromatic N) is 1. The minimum atomic E-state index is -4.40. The molecule has 0 atom stereocenters. The molecule has 0 bridgehead atoms.